The van der Waals surface area contributed by atoms with Crippen LogP contribution in [0.5, 0.6) is 0 Å². The maximum Gasteiger partial charge on any atom is 0.233 e. The lowest BCUT2D eigenvalue weighted by Crippen LogP contribution is -2.45. The number of carbonyl (C=O) groups excluding carboxylic acids is 1. The third-order valence-electron chi connectivity index (χ3n) is 3.93. The molecule has 112 valence electrons. The van der Waals surface area contributed by atoms with Crippen molar-refractivity contribution in [1.29, 1.82) is 0 Å². The molecule has 1 fully saturated rings. The van der Waals surface area contributed by atoms with Gasteiger partial charge >= 0.3 is 0 Å². The second-order valence-corrected chi connectivity index (χ2v) is 5.52. The molecule has 0 saturated carbocycles. The molecule has 6 heteroatoms. The number of hydrogen-bond donors (Lipinski definition) is 2. The van der Waals surface area contributed by atoms with Gasteiger partial charge in [-0.1, -0.05) is 0 Å². The molecule has 1 aromatic heterocycles. The number of rotatable bonds is 5. The number of likely N-dealkylation sites (tertiary alicyclic amines) is 1. The van der Waals surface area contributed by atoms with Gasteiger partial charge in [0.1, 0.15) is 0 Å². The Hall–Kier alpha value is -1.40. The molecular formula is C14H25N5O. The summed E-state index contributed by atoms with van der Waals surface area (Å²) in [5.74, 6) is 0.0994. The molecule has 2 N–H and O–H groups in total. The van der Waals surface area contributed by atoms with Gasteiger partial charge < -0.3 is 10.6 Å². The van der Waals surface area contributed by atoms with Crippen molar-refractivity contribution in [2.75, 3.05) is 26.7 Å². The van der Waals surface area contributed by atoms with Crippen LogP contribution in [-0.2, 0) is 18.4 Å². The Bertz CT molecular complexity index is 448. The van der Waals surface area contributed by atoms with Gasteiger partial charge in [0, 0.05) is 51.5 Å². The maximum absolute atomic E-state index is 11.3. The second kappa shape index (κ2) is 6.85. The summed E-state index contributed by atoms with van der Waals surface area (Å²) >= 11 is 0. The molecule has 1 aliphatic heterocycles. The lowest BCUT2D eigenvalue weighted by Gasteiger charge is -2.31. The minimum atomic E-state index is 0.0994. The largest absolute Gasteiger partial charge is 0.358 e. The van der Waals surface area contributed by atoms with E-state index in [9.17, 15) is 4.79 Å². The van der Waals surface area contributed by atoms with Gasteiger partial charge in [-0.05, 0) is 19.8 Å². The Morgan fingerprint density at radius 1 is 1.45 bits per heavy atom. The van der Waals surface area contributed by atoms with E-state index in [4.69, 9.17) is 0 Å². The molecule has 1 saturated heterocycles. The molecule has 1 aromatic rings. The quantitative estimate of drug-likeness (QED) is 0.798. The molecule has 0 atom stereocenters. The number of likely N-dealkylation sites (N-methyl/N-ethyl adjacent to an activating group) is 1. The summed E-state index contributed by atoms with van der Waals surface area (Å²) in [6.07, 6.45) is 4.26. The standard InChI is InChI=1S/C14H25N5O/c1-11-12(9-18(3)17-11)8-16-13-4-6-19(7-5-13)10-14(20)15-2/h9,13,16H,4-8,10H2,1-3H3,(H,15,20). The SMILES string of the molecule is CNC(=O)CN1CCC(NCc2cn(C)nc2C)CC1. The van der Waals surface area contributed by atoms with Crippen molar-refractivity contribution in [2.24, 2.45) is 7.05 Å². The first-order valence-corrected chi connectivity index (χ1v) is 7.24. The van der Waals surface area contributed by atoms with Crippen LogP contribution in [0.1, 0.15) is 24.1 Å². The van der Waals surface area contributed by atoms with Crippen LogP contribution in [0, 0.1) is 6.92 Å². The molecule has 0 aliphatic carbocycles. The Morgan fingerprint density at radius 2 is 2.15 bits per heavy atom. The molecule has 0 unspecified atom stereocenters. The average Bonchev–Trinajstić information content (AvgIpc) is 2.76. The van der Waals surface area contributed by atoms with Crippen molar-refractivity contribution in [3.63, 3.8) is 0 Å². The number of piperidine rings is 1. The zero-order valence-corrected chi connectivity index (χ0v) is 12.6. The molecule has 0 bridgehead atoms. The van der Waals surface area contributed by atoms with Gasteiger partial charge in [-0.15, -0.1) is 0 Å². The van der Waals surface area contributed by atoms with E-state index >= 15 is 0 Å². The second-order valence-electron chi connectivity index (χ2n) is 5.52. The molecule has 2 rings (SSSR count). The predicted molar refractivity (Wildman–Crippen MR) is 78.3 cm³/mol. The lowest BCUT2D eigenvalue weighted by molar-refractivity contribution is -0.122. The van der Waals surface area contributed by atoms with E-state index in [1.807, 2.05) is 18.7 Å². The van der Waals surface area contributed by atoms with E-state index in [0.717, 1.165) is 38.2 Å². The molecule has 6 nitrogen and oxygen atoms in total. The number of aryl methyl sites for hydroxylation is 2. The van der Waals surface area contributed by atoms with Crippen molar-refractivity contribution in [2.45, 2.75) is 32.4 Å². The smallest absolute Gasteiger partial charge is 0.233 e. The molecule has 0 aromatic carbocycles. The highest BCUT2D eigenvalue weighted by Crippen LogP contribution is 2.12. The Kier molecular flexibility index (Phi) is 5.14. The van der Waals surface area contributed by atoms with E-state index in [-0.39, 0.29) is 5.91 Å². The van der Waals surface area contributed by atoms with E-state index < -0.39 is 0 Å². The van der Waals surface area contributed by atoms with Crippen LogP contribution in [0.15, 0.2) is 6.20 Å². The number of amides is 1. The van der Waals surface area contributed by atoms with E-state index in [1.165, 1.54) is 5.56 Å². The summed E-state index contributed by atoms with van der Waals surface area (Å²) < 4.78 is 1.86. The van der Waals surface area contributed by atoms with Crippen LogP contribution in [0.4, 0.5) is 0 Å². The third-order valence-corrected chi connectivity index (χ3v) is 3.93. The summed E-state index contributed by atoms with van der Waals surface area (Å²) in [7, 11) is 3.64. The van der Waals surface area contributed by atoms with Gasteiger partial charge in [0.05, 0.1) is 12.2 Å². The van der Waals surface area contributed by atoms with Crippen molar-refractivity contribution >= 4 is 5.91 Å². The summed E-state index contributed by atoms with van der Waals surface area (Å²) in [6, 6.07) is 0.538. The summed E-state index contributed by atoms with van der Waals surface area (Å²) in [6.45, 7) is 5.40. The van der Waals surface area contributed by atoms with Crippen LogP contribution in [-0.4, -0.2) is 53.3 Å². The van der Waals surface area contributed by atoms with Crippen molar-refractivity contribution in [3.8, 4) is 0 Å². The van der Waals surface area contributed by atoms with E-state index in [0.29, 0.717) is 12.6 Å². The van der Waals surface area contributed by atoms with Crippen LogP contribution in [0.25, 0.3) is 0 Å². The normalized spacial score (nSPS) is 17.4. The Balaban J connectivity index is 1.72. The molecule has 2 heterocycles. The number of carbonyl (C=O) groups is 1. The molecule has 20 heavy (non-hydrogen) atoms. The molecule has 1 amide bonds. The highest BCUT2D eigenvalue weighted by Gasteiger charge is 2.20. The van der Waals surface area contributed by atoms with Gasteiger partial charge in [-0.2, -0.15) is 5.10 Å². The van der Waals surface area contributed by atoms with Crippen molar-refractivity contribution in [3.05, 3.63) is 17.5 Å². The summed E-state index contributed by atoms with van der Waals surface area (Å²) in [4.78, 5) is 13.5. The fourth-order valence-corrected chi connectivity index (χ4v) is 2.65. The zero-order chi connectivity index (χ0) is 14.5. The molecule has 0 spiro atoms. The first-order valence-electron chi connectivity index (χ1n) is 7.24. The first-order chi connectivity index (χ1) is 9.58. The van der Waals surface area contributed by atoms with Crippen molar-refractivity contribution in [1.82, 2.24) is 25.3 Å². The Morgan fingerprint density at radius 3 is 2.70 bits per heavy atom. The average molecular weight is 279 g/mol. The molecule has 0 radical (unpaired) electrons. The first kappa shape index (κ1) is 15.0. The van der Waals surface area contributed by atoms with E-state index in [2.05, 4.69) is 26.8 Å². The predicted octanol–water partition coefficient (Wildman–Crippen LogP) is 0.0285. The lowest BCUT2D eigenvalue weighted by atomic mass is 10.0. The van der Waals surface area contributed by atoms with Crippen LogP contribution < -0.4 is 10.6 Å². The number of nitrogens with one attached hydrogen (secondary N) is 2. The maximum atomic E-state index is 11.3. The number of aromatic nitrogens is 2. The third kappa shape index (κ3) is 4.05. The fourth-order valence-electron chi connectivity index (χ4n) is 2.65. The van der Waals surface area contributed by atoms with Gasteiger partial charge in [-0.25, -0.2) is 0 Å². The zero-order valence-electron chi connectivity index (χ0n) is 12.6. The number of nitrogens with zero attached hydrogens (tertiary/aromatic N) is 3. The minimum absolute atomic E-state index is 0.0994. The monoisotopic (exact) mass is 279 g/mol. The Labute approximate surface area is 120 Å². The fraction of sp³-hybridized carbons (Fsp3) is 0.714. The highest BCUT2D eigenvalue weighted by atomic mass is 16.1. The summed E-state index contributed by atoms with van der Waals surface area (Å²) in [5.41, 5.74) is 2.36. The van der Waals surface area contributed by atoms with Gasteiger partial charge in [0.15, 0.2) is 0 Å². The summed E-state index contributed by atoms with van der Waals surface area (Å²) in [5, 5.41) is 10.6. The molecule has 1 aliphatic rings. The minimum Gasteiger partial charge on any atom is -0.358 e. The van der Waals surface area contributed by atoms with Crippen LogP contribution in [0.3, 0.4) is 0 Å². The number of hydrogen-bond acceptors (Lipinski definition) is 4. The molecular weight excluding hydrogens is 254 g/mol. The van der Waals surface area contributed by atoms with Gasteiger partial charge in [0.25, 0.3) is 0 Å². The van der Waals surface area contributed by atoms with Crippen LogP contribution in [0.2, 0.25) is 0 Å². The van der Waals surface area contributed by atoms with Crippen molar-refractivity contribution < 1.29 is 4.79 Å². The topological polar surface area (TPSA) is 62.2 Å². The van der Waals surface area contributed by atoms with E-state index in [1.54, 1.807) is 7.05 Å². The highest BCUT2D eigenvalue weighted by molar-refractivity contribution is 5.77. The van der Waals surface area contributed by atoms with Crippen LogP contribution >= 0.6 is 0 Å². The van der Waals surface area contributed by atoms with Gasteiger partial charge in [0.2, 0.25) is 5.91 Å². The van der Waals surface area contributed by atoms with Gasteiger partial charge in [-0.3, -0.25) is 14.4 Å².